The Morgan fingerprint density at radius 1 is 1.07 bits per heavy atom. The van der Waals surface area contributed by atoms with Gasteiger partial charge in [0.15, 0.2) is 0 Å². The Kier molecular flexibility index (Phi) is 7.00. The van der Waals surface area contributed by atoms with Crippen LogP contribution in [-0.4, -0.2) is 75.0 Å². The maximum absolute atomic E-state index is 13.2. The van der Waals surface area contributed by atoms with Crippen molar-refractivity contribution >= 4 is 46.0 Å². The number of hydrogen-bond acceptors (Lipinski definition) is 9. The van der Waals surface area contributed by atoms with E-state index >= 15 is 0 Å². The number of ether oxygens (including phenoxy) is 1. The van der Waals surface area contributed by atoms with Crippen molar-refractivity contribution in [1.29, 1.82) is 0 Å². The molecule has 13 heteroatoms. The molecule has 0 aliphatic carbocycles. The van der Waals surface area contributed by atoms with E-state index in [1.807, 2.05) is 17.0 Å². The van der Waals surface area contributed by atoms with Gasteiger partial charge in [0.1, 0.15) is 16.5 Å². The van der Waals surface area contributed by atoms with Gasteiger partial charge >= 0.3 is 17.8 Å². The zero-order valence-corrected chi connectivity index (χ0v) is 21.9. The van der Waals surface area contributed by atoms with Gasteiger partial charge in [-0.1, -0.05) is 18.2 Å². The van der Waals surface area contributed by atoms with E-state index in [0.717, 1.165) is 21.8 Å². The minimum absolute atomic E-state index is 0.0644. The SMILES string of the molecule is COc1ccc(CN2CCc3c(sc(NC(=O)C(=O)O)c3C(=O)O)C2CN2C(=O)c3cccc(O)c3C2=O)cc1. The van der Waals surface area contributed by atoms with Crippen LogP contribution in [0, 0.1) is 0 Å². The number of anilines is 1. The Hall–Kier alpha value is -4.75. The van der Waals surface area contributed by atoms with Crippen LogP contribution >= 0.6 is 11.3 Å². The number of hydrogen-bond donors (Lipinski definition) is 4. The van der Waals surface area contributed by atoms with Crippen LogP contribution < -0.4 is 10.1 Å². The number of nitrogens with one attached hydrogen (secondary N) is 1. The van der Waals surface area contributed by atoms with Crippen LogP contribution in [0.15, 0.2) is 42.5 Å². The lowest BCUT2D eigenvalue weighted by atomic mass is 9.96. The van der Waals surface area contributed by atoms with Gasteiger partial charge in [0, 0.05) is 24.5 Å². The molecule has 5 rings (SSSR count). The summed E-state index contributed by atoms with van der Waals surface area (Å²) in [6.07, 6.45) is 0.270. The van der Waals surface area contributed by atoms with Gasteiger partial charge in [-0.2, -0.15) is 0 Å². The number of nitrogens with zero attached hydrogens (tertiary/aromatic N) is 2. The molecule has 0 saturated carbocycles. The molecule has 2 aliphatic rings. The van der Waals surface area contributed by atoms with Crippen molar-refractivity contribution in [2.24, 2.45) is 0 Å². The molecular weight excluding hydrogens is 542 g/mol. The topological polar surface area (TPSA) is 174 Å². The van der Waals surface area contributed by atoms with Gasteiger partial charge in [0.2, 0.25) is 0 Å². The van der Waals surface area contributed by atoms with E-state index in [-0.39, 0.29) is 40.4 Å². The van der Waals surface area contributed by atoms with Crippen molar-refractivity contribution in [3.8, 4) is 11.5 Å². The lowest BCUT2D eigenvalue weighted by Gasteiger charge is -2.37. The molecule has 206 valence electrons. The lowest BCUT2D eigenvalue weighted by Crippen LogP contribution is -2.43. The third-order valence-electron chi connectivity index (χ3n) is 6.94. The number of methoxy groups -OCH3 is 1. The average molecular weight is 566 g/mol. The Morgan fingerprint density at radius 2 is 1.80 bits per heavy atom. The molecule has 0 radical (unpaired) electrons. The first-order valence-electron chi connectivity index (χ1n) is 12.1. The molecule has 0 spiro atoms. The summed E-state index contributed by atoms with van der Waals surface area (Å²) in [5.41, 5.74) is 1.03. The number of aromatic carboxylic acids is 1. The monoisotopic (exact) mass is 565 g/mol. The van der Waals surface area contributed by atoms with Crippen molar-refractivity contribution in [3.63, 3.8) is 0 Å². The molecular formula is C27H23N3O9S. The zero-order chi connectivity index (χ0) is 28.7. The first-order chi connectivity index (χ1) is 19.1. The second kappa shape index (κ2) is 10.4. The van der Waals surface area contributed by atoms with Gasteiger partial charge in [-0.3, -0.25) is 24.2 Å². The van der Waals surface area contributed by atoms with Crippen LogP contribution in [-0.2, 0) is 22.6 Å². The number of carboxylic acid groups (broad SMARTS) is 2. The Morgan fingerprint density at radius 3 is 2.42 bits per heavy atom. The minimum Gasteiger partial charge on any atom is -0.507 e. The van der Waals surface area contributed by atoms with Crippen molar-refractivity contribution in [1.82, 2.24) is 9.80 Å². The molecule has 2 aliphatic heterocycles. The largest absolute Gasteiger partial charge is 0.507 e. The molecule has 0 fully saturated rings. The molecule has 12 nitrogen and oxygen atoms in total. The molecule has 0 saturated heterocycles. The van der Waals surface area contributed by atoms with Crippen molar-refractivity contribution in [2.75, 3.05) is 25.5 Å². The normalized spacial score (nSPS) is 16.4. The maximum atomic E-state index is 13.2. The predicted molar refractivity (Wildman–Crippen MR) is 141 cm³/mol. The Labute approximate surface area is 231 Å². The predicted octanol–water partition coefficient (Wildman–Crippen LogP) is 2.58. The highest BCUT2D eigenvalue weighted by Gasteiger charge is 2.42. The van der Waals surface area contributed by atoms with E-state index in [2.05, 4.69) is 5.32 Å². The number of benzene rings is 2. The highest BCUT2D eigenvalue weighted by Crippen LogP contribution is 2.44. The summed E-state index contributed by atoms with van der Waals surface area (Å²) in [7, 11) is 1.55. The molecule has 1 atom stereocenters. The summed E-state index contributed by atoms with van der Waals surface area (Å²) in [5.74, 6) is -5.43. The number of amides is 3. The van der Waals surface area contributed by atoms with Crippen LogP contribution in [0.2, 0.25) is 0 Å². The fourth-order valence-corrected chi connectivity index (χ4v) is 6.42. The Balaban J connectivity index is 1.56. The van der Waals surface area contributed by atoms with E-state index in [0.29, 0.717) is 29.3 Å². The molecule has 1 aromatic heterocycles. The van der Waals surface area contributed by atoms with E-state index in [1.165, 1.54) is 18.2 Å². The quantitative estimate of drug-likeness (QED) is 0.246. The van der Waals surface area contributed by atoms with Crippen LogP contribution in [0.5, 0.6) is 11.5 Å². The lowest BCUT2D eigenvalue weighted by molar-refractivity contribution is -0.147. The number of carboxylic acids is 2. The zero-order valence-electron chi connectivity index (χ0n) is 21.0. The summed E-state index contributed by atoms with van der Waals surface area (Å²) in [4.78, 5) is 65.3. The summed E-state index contributed by atoms with van der Waals surface area (Å²) in [5, 5.41) is 31.3. The Bertz CT molecular complexity index is 1560. The third-order valence-corrected chi connectivity index (χ3v) is 8.19. The van der Waals surface area contributed by atoms with Crippen molar-refractivity contribution in [3.05, 3.63) is 75.2 Å². The molecule has 40 heavy (non-hydrogen) atoms. The van der Waals surface area contributed by atoms with Crippen LogP contribution in [0.1, 0.15) is 53.1 Å². The fourth-order valence-electron chi connectivity index (χ4n) is 5.06. The fraction of sp³-hybridized carbons (Fsp3) is 0.222. The molecule has 1 unspecified atom stereocenters. The standard InChI is InChI=1S/C27H23N3O9S/c1-39-14-7-5-13(6-8-14)11-29-10-9-15-20(26(35)36)23(28-22(32)27(37)38)40-21(15)17(29)12-30-24(33)16-3-2-4-18(31)19(16)25(30)34/h2-8,17,31H,9-12H2,1H3,(H,28,32)(H,35,36)(H,37,38). The van der Waals surface area contributed by atoms with E-state index in [1.54, 1.807) is 19.2 Å². The first kappa shape index (κ1) is 26.8. The number of imide groups is 1. The van der Waals surface area contributed by atoms with E-state index < -0.39 is 35.7 Å². The number of phenols is 1. The maximum Gasteiger partial charge on any atom is 0.394 e. The second-order valence-corrected chi connectivity index (χ2v) is 10.3. The number of fused-ring (bicyclic) bond motifs is 2. The van der Waals surface area contributed by atoms with Crippen LogP contribution in [0.25, 0.3) is 0 Å². The van der Waals surface area contributed by atoms with Crippen molar-refractivity contribution in [2.45, 2.75) is 19.0 Å². The number of carbonyl (C=O) groups is 5. The van der Waals surface area contributed by atoms with Gasteiger partial charge in [-0.15, -0.1) is 11.3 Å². The van der Waals surface area contributed by atoms with Gasteiger partial charge in [-0.05, 0) is 41.8 Å². The van der Waals surface area contributed by atoms with Crippen LogP contribution in [0.3, 0.4) is 0 Å². The number of rotatable bonds is 7. The summed E-state index contributed by atoms with van der Waals surface area (Å²) in [6, 6.07) is 10.9. The highest BCUT2D eigenvalue weighted by atomic mass is 32.1. The molecule has 3 aromatic rings. The number of aromatic hydroxyl groups is 1. The number of phenolic OH excluding ortho intramolecular Hbond substituents is 1. The smallest absolute Gasteiger partial charge is 0.394 e. The van der Waals surface area contributed by atoms with Crippen molar-refractivity contribution < 1.29 is 44.0 Å². The minimum atomic E-state index is -1.77. The van der Waals surface area contributed by atoms with Gasteiger partial charge in [0.05, 0.1) is 29.8 Å². The number of aliphatic carboxylic acids is 1. The molecule has 3 heterocycles. The molecule has 2 aromatic carbocycles. The second-order valence-electron chi connectivity index (χ2n) is 9.22. The third kappa shape index (κ3) is 4.65. The summed E-state index contributed by atoms with van der Waals surface area (Å²) >= 11 is 0.901. The van der Waals surface area contributed by atoms with Gasteiger partial charge in [0.25, 0.3) is 11.8 Å². The number of thiophene rings is 1. The molecule has 3 amide bonds. The average Bonchev–Trinajstić information content (AvgIpc) is 3.41. The van der Waals surface area contributed by atoms with E-state index in [4.69, 9.17) is 9.84 Å². The summed E-state index contributed by atoms with van der Waals surface area (Å²) < 4.78 is 5.22. The van der Waals surface area contributed by atoms with Crippen LogP contribution in [0.4, 0.5) is 5.00 Å². The van der Waals surface area contributed by atoms with E-state index in [9.17, 15) is 34.2 Å². The summed E-state index contributed by atoms with van der Waals surface area (Å²) in [6.45, 7) is 0.557. The molecule has 0 bridgehead atoms. The van der Waals surface area contributed by atoms with Gasteiger partial charge < -0.3 is 25.4 Å². The first-order valence-corrected chi connectivity index (χ1v) is 12.9. The van der Waals surface area contributed by atoms with Gasteiger partial charge in [-0.25, -0.2) is 9.59 Å². The number of carbonyl (C=O) groups excluding carboxylic acids is 3. The highest BCUT2D eigenvalue weighted by molar-refractivity contribution is 7.17. The molecule has 4 N–H and O–H groups in total.